The van der Waals surface area contributed by atoms with E-state index in [1.165, 1.54) is 12.5 Å². The number of nitrogens with one attached hydrogen (secondary N) is 2. The van der Waals surface area contributed by atoms with Crippen molar-refractivity contribution >= 4 is 29.3 Å². The zero-order chi connectivity index (χ0) is 21.2. The van der Waals surface area contributed by atoms with Crippen molar-refractivity contribution in [1.82, 2.24) is 15.2 Å². The summed E-state index contributed by atoms with van der Waals surface area (Å²) < 4.78 is 0. The standard InChI is InChI=1S/C22H31N5O2S/c1-17-8-5-3-2-4-6-11-27(14-17)16-30-15-23-22(28)18-12-20(24-19-9-7-10-19)25-21(13-18)26-29/h2-3,5,8,12-13,17,19H,4,6-7,9-11,14-16H2,1H3,(H,23,28)(H,24,25)/b3-2-,8-5-. The Hall–Kier alpha value is -2.19. The maximum atomic E-state index is 12.6. The SMILES string of the molecule is CC1/C=C\C=C/CCCN(CSCNC(=O)c2cc(N=O)nc(NC3CCC3)c2)C1. The molecule has 8 heteroatoms. The number of amides is 1. The molecule has 1 aromatic rings. The van der Waals surface area contributed by atoms with E-state index in [1.54, 1.807) is 17.8 Å². The van der Waals surface area contributed by atoms with Crippen LogP contribution in [-0.4, -0.2) is 46.7 Å². The predicted octanol–water partition coefficient (Wildman–Crippen LogP) is 4.67. The van der Waals surface area contributed by atoms with Crippen LogP contribution in [0.3, 0.4) is 0 Å². The van der Waals surface area contributed by atoms with E-state index in [9.17, 15) is 9.70 Å². The van der Waals surface area contributed by atoms with Crippen LogP contribution in [-0.2, 0) is 0 Å². The normalized spacial score (nSPS) is 22.5. The highest BCUT2D eigenvalue weighted by atomic mass is 32.2. The lowest BCUT2D eigenvalue weighted by Gasteiger charge is -2.27. The van der Waals surface area contributed by atoms with Crippen LogP contribution in [0.25, 0.3) is 0 Å². The van der Waals surface area contributed by atoms with Crippen molar-refractivity contribution in [3.05, 3.63) is 46.9 Å². The van der Waals surface area contributed by atoms with Crippen LogP contribution in [0.4, 0.5) is 11.6 Å². The topological polar surface area (TPSA) is 86.7 Å². The lowest BCUT2D eigenvalue weighted by molar-refractivity contribution is 0.0960. The lowest BCUT2D eigenvalue weighted by Crippen LogP contribution is -2.31. The van der Waals surface area contributed by atoms with E-state index >= 15 is 0 Å². The van der Waals surface area contributed by atoms with E-state index in [4.69, 9.17) is 0 Å². The molecule has 0 radical (unpaired) electrons. The number of pyridine rings is 1. The van der Waals surface area contributed by atoms with Gasteiger partial charge in [-0.15, -0.1) is 16.7 Å². The Morgan fingerprint density at radius 2 is 2.17 bits per heavy atom. The van der Waals surface area contributed by atoms with Crippen molar-refractivity contribution in [2.24, 2.45) is 11.1 Å². The van der Waals surface area contributed by atoms with Crippen LogP contribution >= 0.6 is 11.8 Å². The summed E-state index contributed by atoms with van der Waals surface area (Å²) in [6.07, 6.45) is 14.3. The molecule has 3 rings (SSSR count). The van der Waals surface area contributed by atoms with Gasteiger partial charge < -0.3 is 10.6 Å². The molecule has 2 N–H and O–H groups in total. The Labute approximate surface area is 182 Å². The van der Waals surface area contributed by atoms with Crippen LogP contribution in [0.1, 0.15) is 49.4 Å². The number of nitrogens with zero attached hydrogens (tertiary/aromatic N) is 3. The van der Waals surface area contributed by atoms with Gasteiger partial charge in [0, 0.05) is 24.0 Å². The van der Waals surface area contributed by atoms with Gasteiger partial charge in [0.2, 0.25) is 0 Å². The van der Waals surface area contributed by atoms with Gasteiger partial charge >= 0.3 is 0 Å². The summed E-state index contributed by atoms with van der Waals surface area (Å²) in [5.41, 5.74) is 0.409. The molecule has 1 saturated carbocycles. The van der Waals surface area contributed by atoms with Gasteiger partial charge in [-0.05, 0) is 61.9 Å². The van der Waals surface area contributed by atoms with Gasteiger partial charge in [-0.25, -0.2) is 4.98 Å². The van der Waals surface area contributed by atoms with Gasteiger partial charge in [-0.3, -0.25) is 9.69 Å². The van der Waals surface area contributed by atoms with Gasteiger partial charge in [0.05, 0.1) is 5.88 Å². The number of anilines is 1. The second kappa shape index (κ2) is 11.9. The summed E-state index contributed by atoms with van der Waals surface area (Å²) >= 11 is 1.69. The molecule has 162 valence electrons. The minimum Gasteiger partial charge on any atom is -0.367 e. The lowest BCUT2D eigenvalue weighted by atomic mass is 9.93. The number of nitroso groups, excluding NO2 is 1. The highest BCUT2D eigenvalue weighted by Crippen LogP contribution is 2.24. The van der Waals surface area contributed by atoms with Crippen molar-refractivity contribution in [2.45, 2.75) is 45.1 Å². The molecule has 1 aromatic heterocycles. The molecule has 0 bridgehead atoms. The molecule has 2 heterocycles. The third-order valence-corrected chi connectivity index (χ3v) is 6.21. The van der Waals surface area contributed by atoms with Crippen molar-refractivity contribution in [3.63, 3.8) is 0 Å². The Morgan fingerprint density at radius 3 is 2.93 bits per heavy atom. The van der Waals surface area contributed by atoms with E-state index in [-0.39, 0.29) is 11.7 Å². The fourth-order valence-electron chi connectivity index (χ4n) is 3.46. The van der Waals surface area contributed by atoms with E-state index in [0.29, 0.717) is 29.2 Å². The predicted molar refractivity (Wildman–Crippen MR) is 124 cm³/mol. The van der Waals surface area contributed by atoms with Crippen LogP contribution in [0.5, 0.6) is 0 Å². The number of rotatable bonds is 8. The van der Waals surface area contributed by atoms with Crippen molar-refractivity contribution in [1.29, 1.82) is 0 Å². The maximum absolute atomic E-state index is 12.6. The molecule has 1 aliphatic heterocycles. The largest absolute Gasteiger partial charge is 0.367 e. The Bertz CT molecular complexity index is 779. The first-order valence-corrected chi connectivity index (χ1v) is 11.8. The second-order valence-corrected chi connectivity index (χ2v) is 8.91. The number of aromatic nitrogens is 1. The summed E-state index contributed by atoms with van der Waals surface area (Å²) in [6.45, 7) is 4.29. The summed E-state index contributed by atoms with van der Waals surface area (Å²) in [6, 6.07) is 3.50. The average molecular weight is 430 g/mol. The molecular formula is C22H31N5O2S. The molecule has 0 aromatic carbocycles. The Balaban J connectivity index is 1.47. The summed E-state index contributed by atoms with van der Waals surface area (Å²) in [7, 11) is 0. The number of carbonyl (C=O) groups is 1. The monoisotopic (exact) mass is 429 g/mol. The number of hydrogen-bond donors (Lipinski definition) is 2. The van der Waals surface area contributed by atoms with E-state index in [1.807, 2.05) is 0 Å². The van der Waals surface area contributed by atoms with E-state index in [0.717, 1.165) is 44.6 Å². The molecule has 0 saturated heterocycles. The third kappa shape index (κ3) is 7.25. The number of thioether (sulfide) groups is 1. The molecule has 1 aliphatic carbocycles. The Morgan fingerprint density at radius 1 is 1.30 bits per heavy atom. The van der Waals surface area contributed by atoms with Crippen LogP contribution in [0.15, 0.2) is 41.6 Å². The molecular weight excluding hydrogens is 398 g/mol. The summed E-state index contributed by atoms with van der Waals surface area (Å²) in [5, 5.41) is 9.12. The number of carbonyl (C=O) groups excluding carboxylic acids is 1. The van der Waals surface area contributed by atoms with Crippen molar-refractivity contribution in [2.75, 3.05) is 30.2 Å². The molecule has 1 unspecified atom stereocenters. The molecule has 1 fully saturated rings. The number of hydrogen-bond acceptors (Lipinski definition) is 7. The second-order valence-electron chi connectivity index (χ2n) is 7.96. The minimum absolute atomic E-state index is 0.0285. The van der Waals surface area contributed by atoms with Gasteiger partial charge in [0.25, 0.3) is 5.91 Å². The smallest absolute Gasteiger partial charge is 0.252 e. The number of allylic oxidation sites excluding steroid dienone is 3. The first-order valence-electron chi connectivity index (χ1n) is 10.7. The fourth-order valence-corrected chi connectivity index (χ4v) is 4.28. The minimum atomic E-state index is -0.214. The van der Waals surface area contributed by atoms with Crippen LogP contribution < -0.4 is 10.6 Å². The van der Waals surface area contributed by atoms with Crippen molar-refractivity contribution < 1.29 is 4.79 Å². The molecule has 7 nitrogen and oxygen atoms in total. The molecule has 30 heavy (non-hydrogen) atoms. The van der Waals surface area contributed by atoms with Gasteiger partial charge in [0.1, 0.15) is 5.82 Å². The molecule has 1 atom stereocenters. The first-order chi connectivity index (χ1) is 14.6. The summed E-state index contributed by atoms with van der Waals surface area (Å²) in [4.78, 5) is 30.1. The first kappa shape index (κ1) is 22.5. The van der Waals surface area contributed by atoms with E-state index < -0.39 is 0 Å². The fraction of sp³-hybridized carbons (Fsp3) is 0.545. The Kier molecular flexibility index (Phi) is 8.89. The van der Waals surface area contributed by atoms with Crippen molar-refractivity contribution in [3.8, 4) is 0 Å². The zero-order valence-corrected chi connectivity index (χ0v) is 18.4. The van der Waals surface area contributed by atoms with Gasteiger partial charge in [0.15, 0.2) is 5.82 Å². The zero-order valence-electron chi connectivity index (χ0n) is 17.5. The quantitative estimate of drug-likeness (QED) is 0.355. The van der Waals surface area contributed by atoms with Crippen LogP contribution in [0, 0.1) is 10.8 Å². The molecule has 2 aliphatic rings. The van der Waals surface area contributed by atoms with Crippen LogP contribution in [0.2, 0.25) is 0 Å². The molecule has 1 amide bonds. The summed E-state index contributed by atoms with van der Waals surface area (Å²) in [5.74, 6) is 2.23. The highest BCUT2D eigenvalue weighted by Gasteiger charge is 2.19. The highest BCUT2D eigenvalue weighted by molar-refractivity contribution is 7.99. The average Bonchev–Trinajstić information content (AvgIpc) is 2.72. The maximum Gasteiger partial charge on any atom is 0.252 e. The van der Waals surface area contributed by atoms with Gasteiger partial charge in [-0.2, -0.15) is 0 Å². The third-order valence-electron chi connectivity index (χ3n) is 5.31. The molecule has 0 spiro atoms. The van der Waals surface area contributed by atoms with E-state index in [2.05, 4.69) is 56.9 Å². The van der Waals surface area contributed by atoms with Gasteiger partial charge in [-0.1, -0.05) is 31.2 Å².